The smallest absolute Gasteiger partial charge is 0.255 e. The number of aromatic nitrogens is 1. The molecular formula is C14H20ClN3O2. The van der Waals surface area contributed by atoms with Crippen LogP contribution in [0.5, 0.6) is 0 Å². The van der Waals surface area contributed by atoms with Crippen molar-refractivity contribution in [1.29, 1.82) is 0 Å². The molecule has 20 heavy (non-hydrogen) atoms. The van der Waals surface area contributed by atoms with Crippen LogP contribution < -0.4 is 0 Å². The van der Waals surface area contributed by atoms with E-state index in [1.165, 1.54) is 6.20 Å². The van der Waals surface area contributed by atoms with Gasteiger partial charge in [0.25, 0.3) is 5.91 Å². The number of amides is 1. The Bertz CT molecular complexity index is 467. The van der Waals surface area contributed by atoms with Crippen molar-refractivity contribution in [2.75, 3.05) is 46.9 Å². The second kappa shape index (κ2) is 7.02. The molecule has 2 rings (SSSR count). The zero-order valence-electron chi connectivity index (χ0n) is 11.9. The third-order valence-electron chi connectivity index (χ3n) is 3.25. The van der Waals surface area contributed by atoms with Crippen LogP contribution in [0.2, 0.25) is 5.02 Å². The summed E-state index contributed by atoms with van der Waals surface area (Å²) in [6, 6.07) is 1.66. The van der Waals surface area contributed by atoms with Gasteiger partial charge in [-0.05, 0) is 20.2 Å². The molecule has 1 aromatic rings. The number of hydrogen-bond donors (Lipinski definition) is 0. The van der Waals surface area contributed by atoms with Gasteiger partial charge < -0.3 is 14.5 Å². The molecule has 1 amide bonds. The van der Waals surface area contributed by atoms with Crippen LogP contribution in [0.15, 0.2) is 18.5 Å². The summed E-state index contributed by atoms with van der Waals surface area (Å²) in [5.41, 5.74) is 0.507. The number of rotatable bonds is 3. The molecule has 0 aliphatic carbocycles. The first kappa shape index (κ1) is 15.2. The van der Waals surface area contributed by atoms with Gasteiger partial charge in [-0.15, -0.1) is 0 Å². The topological polar surface area (TPSA) is 45.7 Å². The molecule has 1 aliphatic rings. The summed E-state index contributed by atoms with van der Waals surface area (Å²) in [5.74, 6) is 0.267. The van der Waals surface area contributed by atoms with Gasteiger partial charge in [0.15, 0.2) is 0 Å². The van der Waals surface area contributed by atoms with Crippen LogP contribution in [0.25, 0.3) is 0 Å². The van der Waals surface area contributed by atoms with Crippen molar-refractivity contribution in [3.8, 4) is 0 Å². The molecule has 110 valence electrons. The van der Waals surface area contributed by atoms with E-state index in [0.717, 1.165) is 6.54 Å². The molecule has 0 N–H and O–H groups in total. The lowest BCUT2D eigenvalue weighted by molar-refractivity contribution is 0.0735. The van der Waals surface area contributed by atoms with Crippen LogP contribution in [0.3, 0.4) is 0 Å². The van der Waals surface area contributed by atoms with Crippen molar-refractivity contribution in [2.24, 2.45) is 5.92 Å². The highest BCUT2D eigenvalue weighted by atomic mass is 35.5. The molecule has 0 radical (unpaired) electrons. The van der Waals surface area contributed by atoms with Gasteiger partial charge in [0.2, 0.25) is 0 Å². The number of carbonyl (C=O) groups is 1. The number of ether oxygens (including phenoxy) is 1. The monoisotopic (exact) mass is 297 g/mol. The summed E-state index contributed by atoms with van der Waals surface area (Å²) in [4.78, 5) is 20.4. The Hall–Kier alpha value is -1.17. The van der Waals surface area contributed by atoms with Crippen molar-refractivity contribution >= 4 is 17.5 Å². The summed E-state index contributed by atoms with van der Waals surface area (Å²) in [6.45, 7) is 3.44. The van der Waals surface area contributed by atoms with Crippen molar-refractivity contribution in [2.45, 2.75) is 0 Å². The van der Waals surface area contributed by atoms with Crippen molar-refractivity contribution < 1.29 is 9.53 Å². The van der Waals surface area contributed by atoms with Crippen LogP contribution in [0, 0.1) is 5.92 Å². The Labute approximate surface area is 124 Å². The Morgan fingerprint density at radius 2 is 2.40 bits per heavy atom. The first-order valence-corrected chi connectivity index (χ1v) is 7.07. The first-order valence-electron chi connectivity index (χ1n) is 6.69. The van der Waals surface area contributed by atoms with Gasteiger partial charge in [0.1, 0.15) is 0 Å². The lowest BCUT2D eigenvalue weighted by Gasteiger charge is -2.25. The van der Waals surface area contributed by atoms with E-state index in [1.54, 1.807) is 12.3 Å². The summed E-state index contributed by atoms with van der Waals surface area (Å²) in [7, 11) is 4.05. The molecule has 1 aliphatic heterocycles. The predicted molar refractivity (Wildman–Crippen MR) is 78.0 cm³/mol. The van der Waals surface area contributed by atoms with E-state index in [2.05, 4.69) is 9.88 Å². The van der Waals surface area contributed by atoms with Gasteiger partial charge in [-0.1, -0.05) is 11.6 Å². The van der Waals surface area contributed by atoms with E-state index in [0.29, 0.717) is 42.8 Å². The normalized spacial score (nSPS) is 20.0. The van der Waals surface area contributed by atoms with E-state index in [9.17, 15) is 4.79 Å². The molecule has 0 bridgehead atoms. The average molecular weight is 298 g/mol. The van der Waals surface area contributed by atoms with E-state index in [4.69, 9.17) is 16.3 Å². The lowest BCUT2D eigenvalue weighted by Crippen LogP contribution is -2.38. The van der Waals surface area contributed by atoms with E-state index >= 15 is 0 Å². The fourth-order valence-corrected chi connectivity index (χ4v) is 2.61. The van der Waals surface area contributed by atoms with Gasteiger partial charge in [-0.2, -0.15) is 0 Å². The maximum Gasteiger partial charge on any atom is 0.255 e. The number of halogens is 1. The van der Waals surface area contributed by atoms with E-state index in [1.807, 2.05) is 19.0 Å². The highest BCUT2D eigenvalue weighted by Crippen LogP contribution is 2.18. The molecule has 6 heteroatoms. The van der Waals surface area contributed by atoms with Gasteiger partial charge in [-0.25, -0.2) is 0 Å². The summed E-state index contributed by atoms with van der Waals surface area (Å²) in [6.07, 6.45) is 3.09. The molecule has 1 aromatic heterocycles. The highest BCUT2D eigenvalue weighted by Gasteiger charge is 2.24. The number of carbonyl (C=O) groups excluding carboxylic acids is 1. The number of nitrogens with zero attached hydrogens (tertiary/aromatic N) is 3. The summed E-state index contributed by atoms with van der Waals surface area (Å²) in [5, 5.41) is 0.395. The maximum atomic E-state index is 12.5. The molecule has 0 spiro atoms. The molecule has 1 atom stereocenters. The number of hydrogen-bond acceptors (Lipinski definition) is 4. The van der Waals surface area contributed by atoms with Gasteiger partial charge in [0.05, 0.1) is 23.8 Å². The average Bonchev–Trinajstić information content (AvgIpc) is 2.63. The Balaban J connectivity index is 2.10. The third kappa shape index (κ3) is 3.91. The minimum absolute atomic E-state index is 0.0494. The molecule has 0 saturated carbocycles. The van der Waals surface area contributed by atoms with Gasteiger partial charge in [-0.3, -0.25) is 9.78 Å². The summed E-state index contributed by atoms with van der Waals surface area (Å²) >= 11 is 6.05. The summed E-state index contributed by atoms with van der Waals surface area (Å²) < 4.78 is 5.59. The van der Waals surface area contributed by atoms with Crippen molar-refractivity contribution in [3.63, 3.8) is 0 Å². The molecule has 1 saturated heterocycles. The molecule has 5 nitrogen and oxygen atoms in total. The van der Waals surface area contributed by atoms with Crippen LogP contribution in [-0.2, 0) is 4.74 Å². The minimum Gasteiger partial charge on any atom is -0.379 e. The largest absolute Gasteiger partial charge is 0.379 e. The second-order valence-electron chi connectivity index (χ2n) is 5.31. The molecule has 0 aromatic carbocycles. The van der Waals surface area contributed by atoms with Gasteiger partial charge >= 0.3 is 0 Å². The Morgan fingerprint density at radius 3 is 3.10 bits per heavy atom. The highest BCUT2D eigenvalue weighted by molar-refractivity contribution is 6.33. The molecule has 1 fully saturated rings. The first-order chi connectivity index (χ1) is 9.58. The fourth-order valence-electron chi connectivity index (χ4n) is 2.41. The van der Waals surface area contributed by atoms with Gasteiger partial charge in [0, 0.05) is 37.9 Å². The standard InChI is InChI=1S/C14H20ClN3O2/c1-17(2)8-11-9-18(5-6-20-10-11)14(19)12-3-4-16-7-13(12)15/h3-4,7,11H,5-6,8-10H2,1-2H3/t11-/m0/s1. The lowest BCUT2D eigenvalue weighted by atomic mass is 10.1. The van der Waals surface area contributed by atoms with Crippen LogP contribution in [-0.4, -0.2) is 67.6 Å². The number of pyridine rings is 1. The zero-order valence-corrected chi connectivity index (χ0v) is 12.6. The predicted octanol–water partition coefficient (Wildman–Crippen LogP) is 1.39. The van der Waals surface area contributed by atoms with Crippen molar-refractivity contribution in [3.05, 3.63) is 29.0 Å². The van der Waals surface area contributed by atoms with Crippen LogP contribution >= 0.6 is 11.6 Å². The minimum atomic E-state index is -0.0494. The fraction of sp³-hybridized carbons (Fsp3) is 0.571. The Kier molecular flexibility index (Phi) is 5.34. The zero-order chi connectivity index (χ0) is 14.5. The maximum absolute atomic E-state index is 12.5. The van der Waals surface area contributed by atoms with E-state index < -0.39 is 0 Å². The second-order valence-corrected chi connectivity index (χ2v) is 5.72. The molecular weight excluding hydrogens is 278 g/mol. The third-order valence-corrected chi connectivity index (χ3v) is 3.55. The molecule has 2 heterocycles. The van der Waals surface area contributed by atoms with Crippen LogP contribution in [0.1, 0.15) is 10.4 Å². The SMILES string of the molecule is CN(C)C[C@@H]1COCCN(C(=O)c2ccncc2Cl)C1. The van der Waals surface area contributed by atoms with E-state index in [-0.39, 0.29) is 5.91 Å². The molecule has 0 unspecified atom stereocenters. The van der Waals surface area contributed by atoms with Crippen LogP contribution in [0.4, 0.5) is 0 Å². The Morgan fingerprint density at radius 1 is 1.60 bits per heavy atom. The van der Waals surface area contributed by atoms with Crippen molar-refractivity contribution in [1.82, 2.24) is 14.8 Å². The quantitative estimate of drug-likeness (QED) is 0.846.